The Morgan fingerprint density at radius 2 is 2.00 bits per heavy atom. The number of nitrogens with zero attached hydrogens (tertiary/aromatic N) is 7. The lowest BCUT2D eigenvalue weighted by molar-refractivity contribution is 0.0831. The van der Waals surface area contributed by atoms with E-state index in [2.05, 4.69) is 20.2 Å². The Kier molecular flexibility index (Phi) is 4.15. The summed E-state index contributed by atoms with van der Waals surface area (Å²) in [6.07, 6.45) is 1.63. The van der Waals surface area contributed by atoms with Gasteiger partial charge >= 0.3 is 0 Å². The molecule has 27 heavy (non-hydrogen) atoms. The number of amides is 1. The number of hydrogen-bond donors (Lipinski definition) is 0. The smallest absolute Gasteiger partial charge is 0.263 e. The van der Waals surface area contributed by atoms with Crippen LogP contribution >= 0.6 is 22.9 Å². The Morgan fingerprint density at radius 1 is 1.26 bits per heavy atom. The molecule has 0 N–H and O–H groups in total. The molecule has 0 saturated heterocycles. The zero-order valence-electron chi connectivity index (χ0n) is 15.6. The number of aryl methyl sites for hydroxylation is 2. The number of aromatic nitrogens is 6. The molecule has 140 valence electrons. The van der Waals surface area contributed by atoms with Crippen molar-refractivity contribution in [3.05, 3.63) is 39.0 Å². The molecule has 10 heteroatoms. The van der Waals surface area contributed by atoms with E-state index in [-0.39, 0.29) is 5.91 Å². The number of halogens is 1. The summed E-state index contributed by atoms with van der Waals surface area (Å²) in [6, 6.07) is 0. The highest BCUT2D eigenvalue weighted by Gasteiger charge is 2.21. The first-order chi connectivity index (χ1) is 12.8. The highest BCUT2D eigenvalue weighted by molar-refractivity contribution is 7.20. The van der Waals surface area contributed by atoms with Crippen LogP contribution in [0, 0.1) is 20.8 Å². The van der Waals surface area contributed by atoms with Crippen LogP contribution in [0.2, 0.25) is 5.02 Å². The van der Waals surface area contributed by atoms with Gasteiger partial charge in [0.2, 0.25) is 0 Å². The molecule has 0 atom stereocenters. The summed E-state index contributed by atoms with van der Waals surface area (Å²) in [4.78, 5) is 24.6. The van der Waals surface area contributed by atoms with Crippen molar-refractivity contribution < 1.29 is 4.79 Å². The summed E-state index contributed by atoms with van der Waals surface area (Å²) in [6.45, 7) is 6.12. The number of carbonyl (C=O) groups is 1. The third-order valence-electron chi connectivity index (χ3n) is 4.50. The molecule has 0 spiro atoms. The first-order valence-corrected chi connectivity index (χ1v) is 9.52. The van der Waals surface area contributed by atoms with Crippen LogP contribution in [0.15, 0.2) is 6.33 Å². The lowest BCUT2D eigenvalue weighted by Gasteiger charge is -2.08. The third kappa shape index (κ3) is 2.78. The summed E-state index contributed by atoms with van der Waals surface area (Å²) in [5.41, 5.74) is 3.22. The number of rotatable bonds is 3. The average molecular weight is 404 g/mol. The highest BCUT2D eigenvalue weighted by Crippen LogP contribution is 2.32. The second-order valence-electron chi connectivity index (χ2n) is 6.62. The molecule has 4 aromatic rings. The van der Waals surface area contributed by atoms with E-state index in [0.29, 0.717) is 27.9 Å². The molecule has 0 unspecified atom stereocenters. The quantitative estimate of drug-likeness (QED) is 0.525. The molecule has 0 aromatic carbocycles. The molecule has 0 fully saturated rings. The lowest BCUT2D eigenvalue weighted by Crippen LogP contribution is -2.21. The summed E-state index contributed by atoms with van der Waals surface area (Å²) in [5, 5.41) is 10.5. The summed E-state index contributed by atoms with van der Waals surface area (Å²) >= 11 is 7.60. The topological polar surface area (TPSA) is 81.2 Å². The van der Waals surface area contributed by atoms with Crippen LogP contribution in [0.5, 0.6) is 0 Å². The van der Waals surface area contributed by atoms with Crippen LogP contribution < -0.4 is 0 Å². The first kappa shape index (κ1) is 17.9. The van der Waals surface area contributed by atoms with Crippen molar-refractivity contribution in [2.24, 2.45) is 0 Å². The zero-order valence-corrected chi connectivity index (χ0v) is 17.2. The fourth-order valence-corrected chi connectivity index (χ4v) is 4.32. The minimum Gasteiger partial charge on any atom is -0.344 e. The lowest BCUT2D eigenvalue weighted by atomic mass is 10.2. The van der Waals surface area contributed by atoms with Gasteiger partial charge in [0.05, 0.1) is 26.7 Å². The molecule has 0 aliphatic heterocycles. The predicted octanol–water partition coefficient (Wildman–Crippen LogP) is 2.86. The molecule has 4 aromatic heterocycles. The first-order valence-electron chi connectivity index (χ1n) is 8.32. The van der Waals surface area contributed by atoms with Crippen molar-refractivity contribution in [2.75, 3.05) is 14.1 Å². The summed E-state index contributed by atoms with van der Waals surface area (Å²) in [5.74, 6) is 0.573. The van der Waals surface area contributed by atoms with E-state index in [0.717, 1.165) is 27.2 Å². The van der Waals surface area contributed by atoms with Crippen molar-refractivity contribution in [1.82, 2.24) is 34.3 Å². The Balaban J connectivity index is 1.83. The van der Waals surface area contributed by atoms with Crippen LogP contribution in [-0.4, -0.2) is 54.3 Å². The molecule has 0 bridgehead atoms. The molecule has 0 radical (unpaired) electrons. The SMILES string of the molecule is Cc1nn(Cc2nc3c4c(C)c(C(=O)N(C)C)sc4ncn3n2)c(C)c1Cl. The van der Waals surface area contributed by atoms with Crippen molar-refractivity contribution in [2.45, 2.75) is 27.3 Å². The van der Waals surface area contributed by atoms with Gasteiger partial charge in [-0.05, 0) is 26.3 Å². The van der Waals surface area contributed by atoms with Gasteiger partial charge in [0.25, 0.3) is 5.91 Å². The van der Waals surface area contributed by atoms with Gasteiger partial charge in [0.15, 0.2) is 11.5 Å². The molecule has 8 nitrogen and oxygen atoms in total. The molecule has 4 rings (SSSR count). The summed E-state index contributed by atoms with van der Waals surface area (Å²) in [7, 11) is 3.48. The van der Waals surface area contributed by atoms with Crippen molar-refractivity contribution in [3.8, 4) is 0 Å². The van der Waals surface area contributed by atoms with Gasteiger partial charge in [0, 0.05) is 14.1 Å². The van der Waals surface area contributed by atoms with Crippen LogP contribution in [-0.2, 0) is 6.54 Å². The molecule has 0 saturated carbocycles. The van der Waals surface area contributed by atoms with Crippen LogP contribution in [0.25, 0.3) is 15.9 Å². The molecular weight excluding hydrogens is 386 g/mol. The van der Waals surface area contributed by atoms with E-state index in [4.69, 9.17) is 11.6 Å². The number of carbonyl (C=O) groups excluding carboxylic acids is 1. The van der Waals surface area contributed by atoms with Crippen LogP contribution in [0.4, 0.5) is 0 Å². The highest BCUT2D eigenvalue weighted by atomic mass is 35.5. The number of fused-ring (bicyclic) bond motifs is 3. The number of thiophene rings is 1. The van der Waals surface area contributed by atoms with E-state index in [1.54, 1.807) is 34.5 Å². The zero-order chi connectivity index (χ0) is 19.5. The van der Waals surface area contributed by atoms with Crippen molar-refractivity contribution >= 4 is 44.7 Å². The molecule has 4 heterocycles. The third-order valence-corrected chi connectivity index (χ3v) is 6.23. The monoisotopic (exact) mass is 403 g/mol. The maximum Gasteiger partial charge on any atom is 0.263 e. The molecule has 0 aliphatic carbocycles. The Labute approximate surface area is 164 Å². The van der Waals surface area contributed by atoms with Gasteiger partial charge in [-0.2, -0.15) is 5.10 Å². The van der Waals surface area contributed by atoms with E-state index in [1.807, 2.05) is 20.8 Å². The largest absolute Gasteiger partial charge is 0.344 e. The Bertz CT molecular complexity index is 1200. The fourth-order valence-electron chi connectivity index (χ4n) is 3.02. The fraction of sp³-hybridized carbons (Fsp3) is 0.353. The van der Waals surface area contributed by atoms with Gasteiger partial charge in [0.1, 0.15) is 17.7 Å². The van der Waals surface area contributed by atoms with E-state index >= 15 is 0 Å². The van der Waals surface area contributed by atoms with Crippen LogP contribution in [0.3, 0.4) is 0 Å². The Hall–Kier alpha value is -2.52. The van der Waals surface area contributed by atoms with Crippen LogP contribution in [0.1, 0.15) is 32.4 Å². The van der Waals surface area contributed by atoms with Gasteiger partial charge in [-0.15, -0.1) is 16.4 Å². The molecular formula is C17H18ClN7OS. The maximum absolute atomic E-state index is 12.4. The van der Waals surface area contributed by atoms with Crippen molar-refractivity contribution in [1.29, 1.82) is 0 Å². The van der Waals surface area contributed by atoms with E-state index < -0.39 is 0 Å². The summed E-state index contributed by atoms with van der Waals surface area (Å²) < 4.78 is 3.44. The van der Waals surface area contributed by atoms with Crippen molar-refractivity contribution in [3.63, 3.8) is 0 Å². The Morgan fingerprint density at radius 3 is 2.63 bits per heavy atom. The minimum absolute atomic E-state index is 0.0364. The standard InChI is InChI=1S/C17H18ClN7OS/c1-8-12-15-20-11(6-24-10(3)13(18)9(2)21-24)22-25(15)7-19-16(12)27-14(8)17(26)23(4)5/h7H,6H2,1-5H3. The predicted molar refractivity (Wildman–Crippen MR) is 105 cm³/mol. The average Bonchev–Trinajstić information content (AvgIpc) is 3.25. The van der Waals surface area contributed by atoms with Gasteiger partial charge in [-0.1, -0.05) is 11.6 Å². The maximum atomic E-state index is 12.4. The second-order valence-corrected chi connectivity index (χ2v) is 8.00. The number of hydrogen-bond acceptors (Lipinski definition) is 6. The molecule has 1 amide bonds. The van der Waals surface area contributed by atoms with E-state index in [9.17, 15) is 4.79 Å². The normalized spacial score (nSPS) is 11.6. The second kappa shape index (κ2) is 6.28. The van der Waals surface area contributed by atoms with E-state index in [1.165, 1.54) is 11.3 Å². The van der Waals surface area contributed by atoms with Gasteiger partial charge in [-0.3, -0.25) is 9.48 Å². The molecule has 0 aliphatic rings. The minimum atomic E-state index is -0.0364. The van der Waals surface area contributed by atoms with Gasteiger partial charge < -0.3 is 4.90 Å². The van der Waals surface area contributed by atoms with Gasteiger partial charge in [-0.25, -0.2) is 14.5 Å².